The first-order valence-corrected chi connectivity index (χ1v) is 3.13. The molecule has 0 aliphatic rings. The molecule has 60 valence electrons. The lowest BCUT2D eigenvalue weighted by molar-refractivity contribution is -0.140. The third kappa shape index (κ3) is 6.51. The first-order valence-electron chi connectivity index (χ1n) is 3.13. The molecule has 0 aromatic carbocycles. The fourth-order valence-corrected chi connectivity index (χ4v) is 0.416. The van der Waals surface area contributed by atoms with E-state index in [4.69, 9.17) is 0 Å². The second-order valence-electron chi connectivity index (χ2n) is 1.93. The van der Waals surface area contributed by atoms with Crippen molar-refractivity contribution >= 4 is 11.8 Å². The van der Waals surface area contributed by atoms with Crippen LogP contribution < -0.4 is 0 Å². The van der Waals surface area contributed by atoms with Gasteiger partial charge in [-0.3, -0.25) is 9.59 Å². The Bertz CT molecular complexity index is 192. The highest BCUT2D eigenvalue weighted by molar-refractivity contribution is 5.94. The topological polar surface area (TPSA) is 43.4 Å². The average molecular weight is 154 g/mol. The van der Waals surface area contributed by atoms with Gasteiger partial charge in [0.2, 0.25) is 0 Å². The quantitative estimate of drug-likeness (QED) is 0.264. The highest BCUT2D eigenvalue weighted by Gasteiger charge is 2.03. The molecule has 0 saturated carbocycles. The van der Waals surface area contributed by atoms with Crippen LogP contribution in [0.2, 0.25) is 0 Å². The Labute approximate surface area is 65.4 Å². The summed E-state index contributed by atoms with van der Waals surface area (Å²) in [5.41, 5.74) is 0. The first-order chi connectivity index (χ1) is 5.16. The van der Waals surface area contributed by atoms with E-state index in [-0.39, 0.29) is 12.2 Å². The number of rotatable bonds is 4. The zero-order chi connectivity index (χ0) is 8.69. The Kier molecular flexibility index (Phi) is 4.73. The van der Waals surface area contributed by atoms with E-state index in [1.54, 1.807) is 0 Å². The van der Waals surface area contributed by atoms with Gasteiger partial charge in [-0.25, -0.2) is 0 Å². The number of hydrogen-bond donors (Lipinski definition) is 0. The zero-order valence-electron chi connectivity index (χ0n) is 6.37. The molecule has 0 aliphatic carbocycles. The third-order valence-corrected chi connectivity index (χ3v) is 0.807. The molecule has 0 radical (unpaired) electrons. The molecular formula is C8H10O3. The van der Waals surface area contributed by atoms with Crippen LogP contribution in [0.4, 0.5) is 0 Å². The number of Topliss-reactive ketones (excluding diaryl/α,β-unsaturated/α-hetero) is 1. The Morgan fingerprint density at radius 3 is 2.64 bits per heavy atom. The van der Waals surface area contributed by atoms with Crippen LogP contribution in [0.5, 0.6) is 0 Å². The lowest BCUT2D eigenvalue weighted by atomic mass is 10.3. The second-order valence-corrected chi connectivity index (χ2v) is 1.93. The van der Waals surface area contributed by atoms with Gasteiger partial charge in [-0.15, -0.1) is 0 Å². The van der Waals surface area contributed by atoms with E-state index >= 15 is 0 Å². The number of hydrogen-bond acceptors (Lipinski definition) is 3. The predicted molar refractivity (Wildman–Crippen MR) is 40.7 cm³/mol. The maximum absolute atomic E-state index is 10.6. The first kappa shape index (κ1) is 9.62. The number of allylic oxidation sites excluding steroid dienone is 2. The third-order valence-electron chi connectivity index (χ3n) is 0.807. The van der Waals surface area contributed by atoms with E-state index in [1.165, 1.54) is 25.3 Å². The minimum atomic E-state index is -0.546. The van der Waals surface area contributed by atoms with Crippen LogP contribution in [0, 0.1) is 0 Å². The van der Waals surface area contributed by atoms with E-state index in [9.17, 15) is 9.59 Å². The zero-order valence-corrected chi connectivity index (χ0v) is 6.37. The van der Waals surface area contributed by atoms with Gasteiger partial charge in [-0.05, 0) is 13.0 Å². The summed E-state index contributed by atoms with van der Waals surface area (Å²) in [5.74, 6) is -0.752. The molecular weight excluding hydrogens is 144 g/mol. The minimum Gasteiger partial charge on any atom is -0.434 e. The predicted octanol–water partition coefficient (Wildman–Crippen LogP) is 1.21. The minimum absolute atomic E-state index is 0.179. The summed E-state index contributed by atoms with van der Waals surface area (Å²) in [4.78, 5) is 20.9. The van der Waals surface area contributed by atoms with Crippen molar-refractivity contribution in [3.8, 4) is 0 Å². The SMILES string of the molecule is C=CC=COC(=O)CC(C)=O. The highest BCUT2D eigenvalue weighted by atomic mass is 16.5. The van der Waals surface area contributed by atoms with Gasteiger partial charge in [0.15, 0.2) is 0 Å². The number of carbonyl (C=O) groups excluding carboxylic acids is 2. The fraction of sp³-hybridized carbons (Fsp3) is 0.250. The molecule has 0 heterocycles. The Hall–Kier alpha value is -1.38. The molecule has 0 saturated heterocycles. The van der Waals surface area contributed by atoms with Crippen LogP contribution in [-0.4, -0.2) is 11.8 Å². The van der Waals surface area contributed by atoms with Crippen LogP contribution in [-0.2, 0) is 14.3 Å². The molecule has 3 nitrogen and oxygen atoms in total. The van der Waals surface area contributed by atoms with E-state index in [1.807, 2.05) is 0 Å². The maximum Gasteiger partial charge on any atom is 0.318 e. The van der Waals surface area contributed by atoms with Crippen LogP contribution >= 0.6 is 0 Å². The Morgan fingerprint density at radius 1 is 1.55 bits per heavy atom. The van der Waals surface area contributed by atoms with Crippen LogP contribution in [0.3, 0.4) is 0 Å². The monoisotopic (exact) mass is 154 g/mol. The number of ketones is 1. The maximum atomic E-state index is 10.6. The molecule has 3 heteroatoms. The van der Waals surface area contributed by atoms with Crippen LogP contribution in [0.25, 0.3) is 0 Å². The molecule has 0 spiro atoms. The van der Waals surface area contributed by atoms with E-state index in [0.717, 1.165) is 0 Å². The molecule has 0 aliphatic heterocycles. The second kappa shape index (κ2) is 5.41. The Morgan fingerprint density at radius 2 is 2.18 bits per heavy atom. The van der Waals surface area contributed by atoms with Gasteiger partial charge in [-0.1, -0.05) is 12.7 Å². The van der Waals surface area contributed by atoms with Crippen LogP contribution in [0.1, 0.15) is 13.3 Å². The van der Waals surface area contributed by atoms with E-state index in [2.05, 4.69) is 11.3 Å². The largest absolute Gasteiger partial charge is 0.434 e. The summed E-state index contributed by atoms with van der Waals surface area (Å²) in [6, 6.07) is 0. The lowest BCUT2D eigenvalue weighted by Gasteiger charge is -1.93. The van der Waals surface area contributed by atoms with Crippen LogP contribution in [0.15, 0.2) is 25.0 Å². The summed E-state index contributed by atoms with van der Waals surface area (Å²) in [7, 11) is 0. The molecule has 0 fully saturated rings. The highest BCUT2D eigenvalue weighted by Crippen LogP contribution is 1.88. The number of carbonyl (C=O) groups is 2. The van der Waals surface area contributed by atoms with Crippen molar-refractivity contribution in [1.29, 1.82) is 0 Å². The van der Waals surface area contributed by atoms with Gasteiger partial charge in [0.05, 0.1) is 6.26 Å². The summed E-state index contributed by atoms with van der Waals surface area (Å²) in [5, 5.41) is 0. The average Bonchev–Trinajstić information content (AvgIpc) is 1.86. The van der Waals surface area contributed by atoms with Gasteiger partial charge in [0.25, 0.3) is 0 Å². The van der Waals surface area contributed by atoms with Gasteiger partial charge < -0.3 is 4.74 Å². The van der Waals surface area contributed by atoms with Gasteiger partial charge >= 0.3 is 5.97 Å². The normalized spacial score (nSPS) is 9.55. The molecule has 0 amide bonds. The molecule has 0 bridgehead atoms. The molecule has 0 unspecified atom stereocenters. The van der Waals surface area contributed by atoms with E-state index in [0.29, 0.717) is 0 Å². The summed E-state index contributed by atoms with van der Waals surface area (Å²) in [6.07, 6.45) is 3.96. The van der Waals surface area contributed by atoms with Crippen molar-refractivity contribution in [3.63, 3.8) is 0 Å². The van der Waals surface area contributed by atoms with Crippen molar-refractivity contribution in [2.45, 2.75) is 13.3 Å². The van der Waals surface area contributed by atoms with Crippen molar-refractivity contribution in [1.82, 2.24) is 0 Å². The summed E-state index contributed by atoms with van der Waals surface area (Å²) >= 11 is 0. The molecule has 11 heavy (non-hydrogen) atoms. The van der Waals surface area contributed by atoms with Gasteiger partial charge in [-0.2, -0.15) is 0 Å². The van der Waals surface area contributed by atoms with Crippen molar-refractivity contribution in [2.24, 2.45) is 0 Å². The van der Waals surface area contributed by atoms with Crippen molar-refractivity contribution < 1.29 is 14.3 Å². The standard InChI is InChI=1S/C8H10O3/c1-3-4-5-11-8(10)6-7(2)9/h3-5H,1,6H2,2H3. The lowest BCUT2D eigenvalue weighted by Crippen LogP contribution is -2.04. The van der Waals surface area contributed by atoms with Gasteiger partial charge in [0.1, 0.15) is 12.2 Å². The van der Waals surface area contributed by atoms with Crippen molar-refractivity contribution in [2.75, 3.05) is 0 Å². The Balaban J connectivity index is 3.61. The molecule has 0 rings (SSSR count). The molecule has 0 atom stereocenters. The molecule has 0 aromatic rings. The molecule has 0 N–H and O–H groups in total. The fourth-order valence-electron chi connectivity index (χ4n) is 0.416. The number of ether oxygens (including phenoxy) is 1. The van der Waals surface area contributed by atoms with Crippen molar-refractivity contribution in [3.05, 3.63) is 25.0 Å². The smallest absolute Gasteiger partial charge is 0.318 e. The number of esters is 1. The van der Waals surface area contributed by atoms with E-state index < -0.39 is 5.97 Å². The summed E-state index contributed by atoms with van der Waals surface area (Å²) < 4.78 is 4.48. The van der Waals surface area contributed by atoms with Gasteiger partial charge in [0, 0.05) is 0 Å². The summed E-state index contributed by atoms with van der Waals surface area (Å²) in [6.45, 7) is 4.71. The molecule has 0 aromatic heterocycles.